The molecule has 0 saturated heterocycles. The number of nitrogens with zero attached hydrogens (tertiary/aromatic N) is 2. The second kappa shape index (κ2) is 4.34. The molecule has 5 heteroatoms. The molecule has 0 atom stereocenters. The van der Waals surface area contributed by atoms with Crippen LogP contribution in [0.4, 0.5) is 0 Å². The molecule has 0 amide bonds. The number of rotatable bonds is 4. The first kappa shape index (κ1) is 9.36. The molecular weight excluding hydrogens is 196 g/mol. The van der Waals surface area contributed by atoms with Gasteiger partial charge < -0.3 is 10.3 Å². The van der Waals surface area contributed by atoms with Crippen molar-refractivity contribution >= 4 is 11.3 Å². The minimum atomic E-state index is 0.818. The van der Waals surface area contributed by atoms with Crippen LogP contribution in [0.2, 0.25) is 0 Å². The van der Waals surface area contributed by atoms with Crippen LogP contribution in [0.25, 0.3) is 0 Å². The maximum atomic E-state index is 4.13. The Morgan fingerprint density at radius 2 is 2.36 bits per heavy atom. The smallest absolute Gasteiger partial charge is 0.103 e. The van der Waals surface area contributed by atoms with Crippen molar-refractivity contribution in [3.8, 4) is 0 Å². The van der Waals surface area contributed by atoms with Gasteiger partial charge in [0.05, 0.1) is 5.51 Å². The molecule has 0 aliphatic carbocycles. The topological polar surface area (TPSA) is 53.6 Å². The van der Waals surface area contributed by atoms with Crippen molar-refractivity contribution in [1.82, 2.24) is 20.3 Å². The summed E-state index contributed by atoms with van der Waals surface area (Å²) < 4.78 is 0. The van der Waals surface area contributed by atoms with Gasteiger partial charge in [0.2, 0.25) is 0 Å². The van der Waals surface area contributed by atoms with Crippen molar-refractivity contribution in [1.29, 1.82) is 0 Å². The van der Waals surface area contributed by atoms with Gasteiger partial charge in [-0.1, -0.05) is 0 Å². The summed E-state index contributed by atoms with van der Waals surface area (Å²) in [6.07, 6.45) is 3.74. The Morgan fingerprint density at radius 1 is 1.43 bits per heavy atom. The third kappa shape index (κ3) is 2.40. The number of H-pyrrole nitrogens is 1. The average Bonchev–Trinajstić information content (AvgIpc) is 2.77. The van der Waals surface area contributed by atoms with Crippen molar-refractivity contribution in [2.45, 2.75) is 20.0 Å². The number of hydrogen-bond acceptors (Lipinski definition) is 4. The molecule has 4 nitrogen and oxygen atoms in total. The Bertz CT molecular complexity index is 379. The van der Waals surface area contributed by atoms with E-state index in [1.807, 2.05) is 24.8 Å². The van der Waals surface area contributed by atoms with E-state index in [0.717, 1.165) is 24.6 Å². The van der Waals surface area contributed by atoms with Gasteiger partial charge >= 0.3 is 0 Å². The summed E-state index contributed by atoms with van der Waals surface area (Å²) >= 11 is 1.66. The average molecular weight is 208 g/mol. The summed E-state index contributed by atoms with van der Waals surface area (Å²) in [5, 5.41) is 3.32. The summed E-state index contributed by atoms with van der Waals surface area (Å²) in [4.78, 5) is 12.6. The fourth-order valence-corrected chi connectivity index (χ4v) is 1.78. The highest BCUT2D eigenvalue weighted by Crippen LogP contribution is 2.04. The molecule has 0 fully saturated rings. The highest BCUT2D eigenvalue weighted by Gasteiger charge is 1.97. The summed E-state index contributed by atoms with van der Waals surface area (Å²) in [6, 6.07) is 0. The van der Waals surface area contributed by atoms with Gasteiger partial charge in [0.15, 0.2) is 0 Å². The molecule has 2 aromatic heterocycles. The normalized spacial score (nSPS) is 10.6. The monoisotopic (exact) mass is 208 g/mol. The van der Waals surface area contributed by atoms with Gasteiger partial charge in [-0.2, -0.15) is 0 Å². The lowest BCUT2D eigenvalue weighted by molar-refractivity contribution is 0.687. The van der Waals surface area contributed by atoms with Crippen LogP contribution < -0.4 is 5.32 Å². The van der Waals surface area contributed by atoms with Crippen molar-refractivity contribution in [3.63, 3.8) is 0 Å². The minimum Gasteiger partial charge on any atom is -0.345 e. The SMILES string of the molecule is Cc1ncc(CNCc2cncs2)[nH]1. The Morgan fingerprint density at radius 3 is 3.00 bits per heavy atom. The third-order valence-corrected chi connectivity index (χ3v) is 2.63. The molecule has 0 saturated carbocycles. The van der Waals surface area contributed by atoms with E-state index in [1.54, 1.807) is 11.3 Å². The predicted octanol–water partition coefficient (Wildman–Crippen LogP) is 1.46. The van der Waals surface area contributed by atoms with Crippen molar-refractivity contribution in [3.05, 3.63) is 34.3 Å². The Balaban J connectivity index is 1.78. The van der Waals surface area contributed by atoms with E-state index >= 15 is 0 Å². The molecule has 0 aromatic carbocycles. The second-order valence-corrected chi connectivity index (χ2v) is 4.04. The van der Waals surface area contributed by atoms with Crippen molar-refractivity contribution in [2.24, 2.45) is 0 Å². The van der Waals surface area contributed by atoms with Crippen LogP contribution in [-0.4, -0.2) is 15.0 Å². The van der Waals surface area contributed by atoms with E-state index in [9.17, 15) is 0 Å². The predicted molar refractivity (Wildman–Crippen MR) is 56.0 cm³/mol. The zero-order valence-electron chi connectivity index (χ0n) is 7.95. The van der Waals surface area contributed by atoms with Crippen LogP contribution in [0.5, 0.6) is 0 Å². The first-order chi connectivity index (χ1) is 6.84. The molecule has 0 radical (unpaired) electrons. The quantitative estimate of drug-likeness (QED) is 0.800. The summed E-state index contributed by atoms with van der Waals surface area (Å²) in [5.74, 6) is 0.958. The highest BCUT2D eigenvalue weighted by molar-refractivity contribution is 7.09. The van der Waals surface area contributed by atoms with Gasteiger partial charge in [0.25, 0.3) is 0 Å². The Kier molecular flexibility index (Phi) is 2.90. The van der Waals surface area contributed by atoms with Gasteiger partial charge in [0.1, 0.15) is 5.82 Å². The van der Waals surface area contributed by atoms with E-state index in [4.69, 9.17) is 0 Å². The Labute approximate surface area is 86.4 Å². The molecule has 2 aromatic rings. The molecule has 2 rings (SSSR count). The van der Waals surface area contributed by atoms with Gasteiger partial charge in [0, 0.05) is 36.1 Å². The summed E-state index contributed by atoms with van der Waals surface area (Å²) in [6.45, 7) is 3.63. The molecule has 0 aliphatic rings. The lowest BCUT2D eigenvalue weighted by Crippen LogP contribution is -2.11. The van der Waals surface area contributed by atoms with E-state index in [1.165, 1.54) is 4.88 Å². The fourth-order valence-electron chi connectivity index (χ4n) is 1.21. The van der Waals surface area contributed by atoms with E-state index < -0.39 is 0 Å². The molecular formula is C9H12N4S. The third-order valence-electron chi connectivity index (χ3n) is 1.85. The number of aromatic amines is 1. The fraction of sp³-hybridized carbons (Fsp3) is 0.333. The largest absolute Gasteiger partial charge is 0.345 e. The number of aromatic nitrogens is 3. The molecule has 2 heterocycles. The van der Waals surface area contributed by atoms with Crippen molar-refractivity contribution < 1.29 is 0 Å². The van der Waals surface area contributed by atoms with Gasteiger partial charge in [-0.05, 0) is 6.92 Å². The van der Waals surface area contributed by atoms with E-state index in [-0.39, 0.29) is 0 Å². The van der Waals surface area contributed by atoms with Crippen LogP contribution in [0.15, 0.2) is 17.9 Å². The molecule has 0 aliphatic heterocycles. The van der Waals surface area contributed by atoms with Gasteiger partial charge in [-0.3, -0.25) is 4.98 Å². The van der Waals surface area contributed by atoms with Crippen LogP contribution in [0, 0.1) is 6.92 Å². The summed E-state index contributed by atoms with van der Waals surface area (Å²) in [7, 11) is 0. The number of thiazole rings is 1. The molecule has 2 N–H and O–H groups in total. The number of aryl methyl sites for hydroxylation is 1. The molecule has 0 spiro atoms. The first-order valence-corrected chi connectivity index (χ1v) is 5.31. The zero-order valence-corrected chi connectivity index (χ0v) is 8.77. The van der Waals surface area contributed by atoms with Crippen LogP contribution in [-0.2, 0) is 13.1 Å². The van der Waals surface area contributed by atoms with E-state index in [0.29, 0.717) is 0 Å². The minimum absolute atomic E-state index is 0.818. The lowest BCUT2D eigenvalue weighted by Gasteiger charge is -1.99. The second-order valence-electron chi connectivity index (χ2n) is 3.07. The Hall–Kier alpha value is -1.20. The van der Waals surface area contributed by atoms with Crippen LogP contribution in [0.1, 0.15) is 16.4 Å². The number of imidazole rings is 1. The highest BCUT2D eigenvalue weighted by atomic mass is 32.1. The molecule has 74 valence electrons. The maximum Gasteiger partial charge on any atom is 0.103 e. The van der Waals surface area contributed by atoms with Crippen molar-refractivity contribution in [2.75, 3.05) is 0 Å². The molecule has 14 heavy (non-hydrogen) atoms. The molecule has 0 bridgehead atoms. The first-order valence-electron chi connectivity index (χ1n) is 4.43. The van der Waals surface area contributed by atoms with Crippen LogP contribution in [0.3, 0.4) is 0 Å². The summed E-state index contributed by atoms with van der Waals surface area (Å²) in [5.41, 5.74) is 2.96. The van der Waals surface area contributed by atoms with Crippen LogP contribution >= 0.6 is 11.3 Å². The maximum absolute atomic E-state index is 4.13. The lowest BCUT2D eigenvalue weighted by atomic mass is 10.4. The number of hydrogen-bond donors (Lipinski definition) is 2. The number of nitrogens with one attached hydrogen (secondary N) is 2. The van der Waals surface area contributed by atoms with Gasteiger partial charge in [-0.15, -0.1) is 11.3 Å². The van der Waals surface area contributed by atoms with E-state index in [2.05, 4.69) is 20.3 Å². The van der Waals surface area contributed by atoms with Gasteiger partial charge in [-0.25, -0.2) is 4.98 Å². The zero-order chi connectivity index (χ0) is 9.80. The molecule has 0 unspecified atom stereocenters. The standard InChI is InChI=1S/C9H12N4S/c1-7-12-3-8(13-7)2-10-4-9-5-11-6-14-9/h3,5-6,10H,2,4H2,1H3,(H,12,13).